The van der Waals surface area contributed by atoms with Crippen molar-refractivity contribution < 1.29 is 0 Å². The van der Waals surface area contributed by atoms with Crippen LogP contribution >= 0.6 is 0 Å². The Morgan fingerprint density at radius 3 is 2.91 bits per heavy atom. The summed E-state index contributed by atoms with van der Waals surface area (Å²) >= 11 is 0. The zero-order valence-corrected chi connectivity index (χ0v) is 7.71. The van der Waals surface area contributed by atoms with Crippen molar-refractivity contribution in [2.75, 3.05) is 13.1 Å². The molecule has 1 rings (SSSR count). The van der Waals surface area contributed by atoms with Gasteiger partial charge >= 0.3 is 0 Å². The molecule has 1 fully saturated rings. The van der Waals surface area contributed by atoms with Gasteiger partial charge in [-0.1, -0.05) is 13.0 Å². The van der Waals surface area contributed by atoms with E-state index < -0.39 is 0 Å². The Hall–Kier alpha value is -0.300. The fourth-order valence-electron chi connectivity index (χ4n) is 1.74. The summed E-state index contributed by atoms with van der Waals surface area (Å²) in [5.74, 6) is 0.881. The van der Waals surface area contributed by atoms with Gasteiger partial charge in [0.05, 0.1) is 0 Å². The number of nitrogens with zero attached hydrogens (tertiary/aromatic N) is 1. The van der Waals surface area contributed by atoms with Gasteiger partial charge in [0.15, 0.2) is 0 Å². The summed E-state index contributed by atoms with van der Waals surface area (Å²) in [6.07, 6.45) is 4.80. The molecule has 0 unspecified atom stereocenters. The van der Waals surface area contributed by atoms with Crippen molar-refractivity contribution in [3.8, 4) is 0 Å². The number of hydrogen-bond donors (Lipinski definition) is 0. The summed E-state index contributed by atoms with van der Waals surface area (Å²) in [5.41, 5.74) is 0. The molecule has 0 radical (unpaired) electrons. The van der Waals surface area contributed by atoms with Crippen molar-refractivity contribution >= 4 is 0 Å². The van der Waals surface area contributed by atoms with Gasteiger partial charge in [0.1, 0.15) is 0 Å². The van der Waals surface area contributed by atoms with Crippen molar-refractivity contribution in [1.29, 1.82) is 0 Å². The molecular formula is C10H19N. The molecule has 0 N–H and O–H groups in total. The minimum atomic E-state index is 0.567. The van der Waals surface area contributed by atoms with Crippen molar-refractivity contribution in [3.05, 3.63) is 12.7 Å². The maximum atomic E-state index is 3.82. The first-order chi connectivity index (χ1) is 5.24. The molecule has 0 aromatic carbocycles. The molecule has 1 saturated heterocycles. The van der Waals surface area contributed by atoms with Crippen LogP contribution in [0.4, 0.5) is 0 Å². The molecule has 2 atom stereocenters. The van der Waals surface area contributed by atoms with E-state index in [9.17, 15) is 0 Å². The van der Waals surface area contributed by atoms with Crippen molar-refractivity contribution in [1.82, 2.24) is 4.90 Å². The third kappa shape index (κ3) is 2.33. The van der Waals surface area contributed by atoms with Crippen LogP contribution in [0.1, 0.15) is 26.7 Å². The first-order valence-corrected chi connectivity index (χ1v) is 4.60. The van der Waals surface area contributed by atoms with E-state index in [2.05, 4.69) is 25.3 Å². The predicted molar refractivity (Wildman–Crippen MR) is 49.6 cm³/mol. The van der Waals surface area contributed by atoms with Crippen LogP contribution in [0.3, 0.4) is 0 Å². The maximum Gasteiger partial charge on any atom is 0.0247 e. The first kappa shape index (κ1) is 8.79. The normalized spacial score (nSPS) is 29.8. The van der Waals surface area contributed by atoms with Crippen LogP contribution in [0.5, 0.6) is 0 Å². The highest BCUT2D eigenvalue weighted by molar-refractivity contribution is 4.86. The van der Waals surface area contributed by atoms with Crippen molar-refractivity contribution in [2.24, 2.45) is 5.92 Å². The average Bonchev–Trinajstić information content (AvgIpc) is 2.03. The van der Waals surface area contributed by atoms with E-state index in [0.29, 0.717) is 6.04 Å². The third-order valence-corrected chi connectivity index (χ3v) is 2.61. The Kier molecular flexibility index (Phi) is 3.13. The Labute approximate surface area is 70.1 Å². The molecule has 1 aliphatic rings. The fraction of sp³-hybridized carbons (Fsp3) is 0.800. The highest BCUT2D eigenvalue weighted by Crippen LogP contribution is 2.17. The smallest absolute Gasteiger partial charge is 0.0247 e. The summed E-state index contributed by atoms with van der Waals surface area (Å²) in [5, 5.41) is 0. The summed E-state index contributed by atoms with van der Waals surface area (Å²) in [4.78, 5) is 2.52. The predicted octanol–water partition coefficient (Wildman–Crippen LogP) is 2.29. The highest BCUT2D eigenvalue weighted by Gasteiger charge is 2.18. The Morgan fingerprint density at radius 1 is 1.64 bits per heavy atom. The van der Waals surface area contributed by atoms with Crippen LogP contribution in [0.25, 0.3) is 0 Å². The van der Waals surface area contributed by atoms with Gasteiger partial charge in [-0.15, -0.1) is 6.58 Å². The molecule has 1 heteroatoms. The number of likely N-dealkylation sites (tertiary alicyclic amines) is 1. The molecule has 0 spiro atoms. The van der Waals surface area contributed by atoms with Crippen LogP contribution in [-0.2, 0) is 0 Å². The Bertz CT molecular complexity index is 131. The van der Waals surface area contributed by atoms with Gasteiger partial charge in [-0.3, -0.25) is 4.90 Å². The second-order valence-electron chi connectivity index (χ2n) is 3.72. The van der Waals surface area contributed by atoms with E-state index in [1.807, 2.05) is 6.08 Å². The molecule has 0 bridgehead atoms. The number of piperidine rings is 1. The topological polar surface area (TPSA) is 3.24 Å². The molecule has 1 nitrogen and oxygen atoms in total. The van der Waals surface area contributed by atoms with E-state index in [1.54, 1.807) is 0 Å². The largest absolute Gasteiger partial charge is 0.297 e. The second kappa shape index (κ2) is 3.91. The van der Waals surface area contributed by atoms with Crippen LogP contribution in [0.2, 0.25) is 0 Å². The second-order valence-corrected chi connectivity index (χ2v) is 3.72. The van der Waals surface area contributed by atoms with Gasteiger partial charge in [0.25, 0.3) is 0 Å². The quantitative estimate of drug-likeness (QED) is 0.550. The molecule has 11 heavy (non-hydrogen) atoms. The lowest BCUT2D eigenvalue weighted by Crippen LogP contribution is -2.39. The number of rotatable bonds is 2. The maximum absolute atomic E-state index is 3.82. The lowest BCUT2D eigenvalue weighted by Gasteiger charge is -2.34. The molecule has 1 heterocycles. The van der Waals surface area contributed by atoms with Crippen LogP contribution in [0, 0.1) is 5.92 Å². The van der Waals surface area contributed by atoms with Gasteiger partial charge in [0.2, 0.25) is 0 Å². The summed E-state index contributed by atoms with van der Waals surface area (Å²) in [6.45, 7) is 10.9. The van der Waals surface area contributed by atoms with Crippen LogP contribution in [-0.4, -0.2) is 24.0 Å². The molecule has 1 aliphatic heterocycles. The zero-order chi connectivity index (χ0) is 8.27. The van der Waals surface area contributed by atoms with Crippen molar-refractivity contribution in [3.63, 3.8) is 0 Å². The van der Waals surface area contributed by atoms with Gasteiger partial charge < -0.3 is 0 Å². The number of hydrogen-bond acceptors (Lipinski definition) is 1. The fourth-order valence-corrected chi connectivity index (χ4v) is 1.74. The Morgan fingerprint density at radius 2 is 2.36 bits per heavy atom. The molecular weight excluding hydrogens is 134 g/mol. The Balaban J connectivity index is 2.38. The molecule has 0 aromatic rings. The summed E-state index contributed by atoms with van der Waals surface area (Å²) in [6, 6.07) is 0.567. The molecule has 0 aliphatic carbocycles. The lowest BCUT2D eigenvalue weighted by atomic mass is 9.99. The van der Waals surface area contributed by atoms with Gasteiger partial charge in [0, 0.05) is 12.6 Å². The van der Waals surface area contributed by atoms with Gasteiger partial charge in [-0.05, 0) is 32.2 Å². The summed E-state index contributed by atoms with van der Waals surface area (Å²) < 4.78 is 0. The third-order valence-electron chi connectivity index (χ3n) is 2.61. The van der Waals surface area contributed by atoms with Gasteiger partial charge in [-0.2, -0.15) is 0 Å². The minimum Gasteiger partial charge on any atom is -0.297 e. The molecule has 64 valence electrons. The minimum absolute atomic E-state index is 0.567. The first-order valence-electron chi connectivity index (χ1n) is 4.60. The highest BCUT2D eigenvalue weighted by atomic mass is 15.2. The van der Waals surface area contributed by atoms with Gasteiger partial charge in [-0.25, -0.2) is 0 Å². The SMILES string of the molecule is C=C[C@H](C)N1CCC[C@H](C)C1. The van der Waals surface area contributed by atoms with E-state index >= 15 is 0 Å². The van der Waals surface area contributed by atoms with Crippen LogP contribution < -0.4 is 0 Å². The molecule has 0 aromatic heterocycles. The van der Waals surface area contributed by atoms with Crippen LogP contribution in [0.15, 0.2) is 12.7 Å². The average molecular weight is 153 g/mol. The monoisotopic (exact) mass is 153 g/mol. The molecule has 0 amide bonds. The van der Waals surface area contributed by atoms with E-state index in [-0.39, 0.29) is 0 Å². The lowest BCUT2D eigenvalue weighted by molar-refractivity contribution is 0.161. The van der Waals surface area contributed by atoms with E-state index in [4.69, 9.17) is 0 Å². The zero-order valence-electron chi connectivity index (χ0n) is 7.71. The van der Waals surface area contributed by atoms with E-state index in [1.165, 1.54) is 25.9 Å². The summed E-state index contributed by atoms with van der Waals surface area (Å²) in [7, 11) is 0. The standard InChI is InChI=1S/C10H19N/c1-4-10(3)11-7-5-6-9(2)8-11/h4,9-10H,1,5-8H2,2-3H3/t9-,10-/m0/s1. The molecule has 0 saturated carbocycles. The van der Waals surface area contributed by atoms with E-state index in [0.717, 1.165) is 5.92 Å². The van der Waals surface area contributed by atoms with Crippen molar-refractivity contribution in [2.45, 2.75) is 32.7 Å².